The van der Waals surface area contributed by atoms with Crippen molar-refractivity contribution >= 4 is 26.8 Å². The first kappa shape index (κ1) is 27.5. The predicted molar refractivity (Wildman–Crippen MR) is 143 cm³/mol. The smallest absolute Gasteiger partial charge is 0.301 e. The minimum Gasteiger partial charge on any atom is -0.453 e. The molecule has 2 N–H and O–H groups in total. The van der Waals surface area contributed by atoms with Crippen molar-refractivity contribution < 1.29 is 17.5 Å². The molecule has 0 saturated carbocycles. The van der Waals surface area contributed by atoms with Crippen LogP contribution in [0.2, 0.25) is 0 Å². The van der Waals surface area contributed by atoms with Gasteiger partial charge in [0, 0.05) is 20.1 Å². The SMILES string of the molecule is CCN(C)S(=O)(=O)Nc1ccc(F)c(Oc2ccc3ncn(CCCC4CCNCC4)c(=O)c3c2)c1C#N. The van der Waals surface area contributed by atoms with Crippen molar-refractivity contribution in [1.29, 1.82) is 5.26 Å². The number of anilines is 1. The van der Waals surface area contributed by atoms with Crippen LogP contribution < -0.4 is 20.3 Å². The molecule has 202 valence electrons. The first-order valence-corrected chi connectivity index (χ1v) is 14.0. The number of piperidine rings is 1. The Kier molecular flexibility index (Phi) is 8.61. The Hall–Kier alpha value is -3.53. The number of benzene rings is 2. The lowest BCUT2D eigenvalue weighted by Crippen LogP contribution is -2.32. The highest BCUT2D eigenvalue weighted by molar-refractivity contribution is 7.90. The Morgan fingerprint density at radius 2 is 2.05 bits per heavy atom. The number of fused-ring (bicyclic) bond motifs is 1. The molecular weight excluding hydrogens is 511 g/mol. The Bertz CT molecular complexity index is 1510. The molecule has 1 fully saturated rings. The van der Waals surface area contributed by atoms with Crippen molar-refractivity contribution in [1.82, 2.24) is 19.2 Å². The lowest BCUT2D eigenvalue weighted by atomic mass is 9.93. The second kappa shape index (κ2) is 11.9. The molecule has 3 aromatic rings. The molecule has 2 heterocycles. The summed E-state index contributed by atoms with van der Waals surface area (Å²) >= 11 is 0. The van der Waals surface area contributed by atoms with Gasteiger partial charge in [-0.05, 0) is 75.0 Å². The van der Waals surface area contributed by atoms with Gasteiger partial charge in [0.05, 0.1) is 22.9 Å². The summed E-state index contributed by atoms with van der Waals surface area (Å²) in [5.74, 6) is -0.524. The topological polar surface area (TPSA) is 129 Å². The number of hydrogen-bond donors (Lipinski definition) is 2. The zero-order valence-corrected chi connectivity index (χ0v) is 22.2. The van der Waals surface area contributed by atoms with Gasteiger partial charge in [0.15, 0.2) is 11.6 Å². The first-order chi connectivity index (χ1) is 18.2. The van der Waals surface area contributed by atoms with E-state index in [4.69, 9.17) is 4.74 Å². The van der Waals surface area contributed by atoms with Gasteiger partial charge in [-0.2, -0.15) is 18.0 Å². The Morgan fingerprint density at radius 3 is 2.76 bits per heavy atom. The van der Waals surface area contributed by atoms with E-state index >= 15 is 0 Å². The number of halogens is 1. The van der Waals surface area contributed by atoms with Crippen LogP contribution in [0.15, 0.2) is 41.5 Å². The average Bonchev–Trinajstić information content (AvgIpc) is 2.92. The van der Waals surface area contributed by atoms with E-state index in [-0.39, 0.29) is 29.1 Å². The van der Waals surface area contributed by atoms with Gasteiger partial charge >= 0.3 is 10.2 Å². The number of nitrogens with zero attached hydrogens (tertiary/aromatic N) is 4. The summed E-state index contributed by atoms with van der Waals surface area (Å²) in [5.41, 5.74) is -0.222. The van der Waals surface area contributed by atoms with Gasteiger partial charge in [0.1, 0.15) is 17.4 Å². The largest absolute Gasteiger partial charge is 0.453 e. The Balaban J connectivity index is 1.59. The highest BCUT2D eigenvalue weighted by Gasteiger charge is 2.22. The molecule has 0 atom stereocenters. The molecular formula is C26H31FN6O4S. The highest BCUT2D eigenvalue weighted by atomic mass is 32.2. The minimum absolute atomic E-state index is 0.116. The summed E-state index contributed by atoms with van der Waals surface area (Å²) < 4.78 is 50.3. The van der Waals surface area contributed by atoms with Crippen LogP contribution in [0.5, 0.6) is 11.5 Å². The van der Waals surface area contributed by atoms with Crippen molar-refractivity contribution in [2.24, 2.45) is 5.92 Å². The first-order valence-electron chi connectivity index (χ1n) is 12.6. The van der Waals surface area contributed by atoms with E-state index in [9.17, 15) is 22.9 Å². The molecule has 38 heavy (non-hydrogen) atoms. The summed E-state index contributed by atoms with van der Waals surface area (Å²) in [5, 5.41) is 13.4. The van der Waals surface area contributed by atoms with Crippen LogP contribution in [0.4, 0.5) is 10.1 Å². The fourth-order valence-corrected chi connectivity index (χ4v) is 5.38. The summed E-state index contributed by atoms with van der Waals surface area (Å²) in [6, 6.07) is 8.54. The van der Waals surface area contributed by atoms with Crippen LogP contribution in [0.1, 0.15) is 38.2 Å². The molecule has 0 spiro atoms. The third-order valence-electron chi connectivity index (χ3n) is 6.80. The quantitative estimate of drug-likeness (QED) is 0.401. The van der Waals surface area contributed by atoms with Gasteiger partial charge in [-0.25, -0.2) is 9.37 Å². The maximum Gasteiger partial charge on any atom is 0.301 e. The maximum atomic E-state index is 14.8. The van der Waals surface area contributed by atoms with Gasteiger partial charge in [0.25, 0.3) is 5.56 Å². The predicted octanol–water partition coefficient (Wildman–Crippen LogP) is 3.59. The van der Waals surface area contributed by atoms with Crippen LogP contribution >= 0.6 is 0 Å². The summed E-state index contributed by atoms with van der Waals surface area (Å²) in [4.78, 5) is 17.5. The van der Waals surface area contributed by atoms with Crippen LogP contribution in [0.25, 0.3) is 10.9 Å². The molecule has 10 nitrogen and oxygen atoms in total. The standard InChI is InChI=1S/C26H31FN6O4S/c1-3-32(2)38(35,36)31-24-9-7-22(27)25(21(24)16-28)37-19-6-8-23-20(15-19)26(34)33(17-30-23)14-4-5-18-10-12-29-13-11-18/h6-9,15,17-18,29,31H,3-5,10-14H2,1-2H3. The van der Waals surface area contributed by atoms with Crippen LogP contribution in [0, 0.1) is 23.1 Å². The van der Waals surface area contributed by atoms with E-state index in [0.29, 0.717) is 23.4 Å². The third kappa shape index (κ3) is 6.12. The monoisotopic (exact) mass is 542 g/mol. The molecule has 0 amide bonds. The molecule has 1 aromatic heterocycles. The van der Waals surface area contributed by atoms with E-state index in [1.807, 2.05) is 6.07 Å². The fourth-order valence-electron chi connectivity index (χ4n) is 4.44. The van der Waals surface area contributed by atoms with Crippen LogP contribution in [-0.4, -0.2) is 49.0 Å². The molecule has 0 bridgehead atoms. The van der Waals surface area contributed by atoms with E-state index in [1.165, 1.54) is 25.5 Å². The fraction of sp³-hybridized carbons (Fsp3) is 0.423. The zero-order chi connectivity index (χ0) is 27.3. The molecule has 1 aliphatic heterocycles. The second-order valence-electron chi connectivity index (χ2n) is 9.29. The number of rotatable bonds is 10. The minimum atomic E-state index is -3.95. The van der Waals surface area contributed by atoms with Gasteiger partial charge in [0.2, 0.25) is 0 Å². The highest BCUT2D eigenvalue weighted by Crippen LogP contribution is 2.34. The number of aromatic nitrogens is 2. The Labute approximate surface area is 221 Å². The number of nitriles is 1. The van der Waals surface area contributed by atoms with Crippen molar-refractivity contribution in [2.75, 3.05) is 31.4 Å². The lowest BCUT2D eigenvalue weighted by molar-refractivity contribution is 0.339. The van der Waals surface area contributed by atoms with Crippen LogP contribution in [0.3, 0.4) is 0 Å². The number of nitrogens with one attached hydrogen (secondary N) is 2. The van der Waals surface area contributed by atoms with Crippen molar-refractivity contribution in [3.63, 3.8) is 0 Å². The lowest BCUT2D eigenvalue weighted by Gasteiger charge is -2.22. The summed E-state index contributed by atoms with van der Waals surface area (Å²) in [6.07, 6.45) is 5.72. The normalized spacial score (nSPS) is 14.5. The average molecular weight is 543 g/mol. The number of ether oxygens (including phenoxy) is 1. The second-order valence-corrected chi connectivity index (χ2v) is 11.1. The van der Waals surface area contributed by atoms with Crippen molar-refractivity contribution in [3.05, 3.63) is 58.4 Å². The van der Waals surface area contributed by atoms with Gasteiger partial charge in [-0.1, -0.05) is 6.92 Å². The molecule has 1 saturated heterocycles. The Morgan fingerprint density at radius 1 is 1.29 bits per heavy atom. The molecule has 0 radical (unpaired) electrons. The van der Waals surface area contributed by atoms with E-state index in [2.05, 4.69) is 15.0 Å². The van der Waals surface area contributed by atoms with Gasteiger partial charge in [-0.3, -0.25) is 14.1 Å². The van der Waals surface area contributed by atoms with Gasteiger partial charge < -0.3 is 10.1 Å². The molecule has 4 rings (SSSR count). The number of aryl methyl sites for hydroxylation is 1. The van der Waals surface area contributed by atoms with Gasteiger partial charge in [-0.15, -0.1) is 0 Å². The molecule has 12 heteroatoms. The molecule has 2 aromatic carbocycles. The third-order valence-corrected chi connectivity index (χ3v) is 8.36. The van der Waals surface area contributed by atoms with E-state index < -0.39 is 21.8 Å². The maximum absolute atomic E-state index is 14.8. The molecule has 0 aliphatic carbocycles. The summed E-state index contributed by atoms with van der Waals surface area (Å²) in [6.45, 7) is 4.45. The molecule has 0 unspecified atom stereocenters. The van der Waals surface area contributed by atoms with Crippen LogP contribution in [-0.2, 0) is 16.8 Å². The molecule has 1 aliphatic rings. The van der Waals surface area contributed by atoms with E-state index in [1.54, 1.807) is 17.6 Å². The number of hydrogen-bond acceptors (Lipinski definition) is 7. The van der Waals surface area contributed by atoms with Crippen molar-refractivity contribution in [2.45, 2.75) is 39.2 Å². The zero-order valence-electron chi connectivity index (χ0n) is 21.4. The summed E-state index contributed by atoms with van der Waals surface area (Å²) in [7, 11) is -2.58. The van der Waals surface area contributed by atoms with Crippen molar-refractivity contribution in [3.8, 4) is 17.6 Å². The van der Waals surface area contributed by atoms with E-state index in [0.717, 1.165) is 55.2 Å².